The Morgan fingerprint density at radius 1 is 1.13 bits per heavy atom. The zero-order valence-corrected chi connectivity index (χ0v) is 18.5. The Balaban J connectivity index is 1.68. The second-order valence-electron chi connectivity index (χ2n) is 7.31. The van der Waals surface area contributed by atoms with Crippen molar-refractivity contribution in [1.29, 1.82) is 0 Å². The average Bonchev–Trinajstić information content (AvgIpc) is 3.15. The van der Waals surface area contributed by atoms with Gasteiger partial charge in [0.25, 0.3) is 0 Å². The molecule has 8 heteroatoms. The molecule has 0 spiro atoms. The highest BCUT2D eigenvalue weighted by Gasteiger charge is 2.26. The van der Waals surface area contributed by atoms with Crippen LogP contribution in [0.3, 0.4) is 0 Å². The number of hydrogen-bond donors (Lipinski definition) is 3. The molecule has 7 nitrogen and oxygen atoms in total. The van der Waals surface area contributed by atoms with Crippen LogP contribution in [0.2, 0.25) is 0 Å². The zero-order chi connectivity index (χ0) is 20.9. The first-order valence-electron chi connectivity index (χ1n) is 10.7. The lowest BCUT2D eigenvalue weighted by atomic mass is 10.1. The summed E-state index contributed by atoms with van der Waals surface area (Å²) in [6.07, 6.45) is 3.78. The van der Waals surface area contributed by atoms with Crippen LogP contribution in [0.15, 0.2) is 40.4 Å². The van der Waals surface area contributed by atoms with E-state index in [0.717, 1.165) is 56.2 Å². The summed E-state index contributed by atoms with van der Waals surface area (Å²) < 4.78 is 2.15. The van der Waals surface area contributed by atoms with E-state index in [9.17, 15) is 0 Å². The number of hydrogen-bond acceptors (Lipinski definition) is 7. The Kier molecular flexibility index (Phi) is 6.89. The van der Waals surface area contributed by atoms with E-state index in [0.29, 0.717) is 6.54 Å². The molecule has 3 heterocycles. The van der Waals surface area contributed by atoms with Crippen LogP contribution in [0, 0.1) is 0 Å². The number of aromatic nitrogens is 3. The van der Waals surface area contributed by atoms with Gasteiger partial charge in [0.15, 0.2) is 0 Å². The lowest BCUT2D eigenvalue weighted by molar-refractivity contribution is 0.287. The van der Waals surface area contributed by atoms with Crippen molar-refractivity contribution in [3.63, 3.8) is 0 Å². The first kappa shape index (κ1) is 21.1. The van der Waals surface area contributed by atoms with Crippen LogP contribution in [0.25, 0.3) is 22.2 Å². The van der Waals surface area contributed by atoms with Gasteiger partial charge in [0.05, 0.1) is 18.7 Å². The van der Waals surface area contributed by atoms with Crippen molar-refractivity contribution >= 4 is 28.4 Å². The summed E-state index contributed by atoms with van der Waals surface area (Å²) >= 11 is 1.79. The first-order chi connectivity index (χ1) is 14.8. The van der Waals surface area contributed by atoms with Gasteiger partial charge in [0, 0.05) is 65.0 Å². The van der Waals surface area contributed by atoms with Crippen LogP contribution in [0.4, 0.5) is 5.69 Å². The number of fused-ring (bicyclic) bond motifs is 2. The lowest BCUT2D eigenvalue weighted by Gasteiger charge is -2.19. The Morgan fingerprint density at radius 2 is 2.00 bits per heavy atom. The molecular formula is C22H30N6OS. The molecule has 2 aromatic heterocycles. The maximum absolute atomic E-state index is 8.92. The van der Waals surface area contributed by atoms with Crippen molar-refractivity contribution in [1.82, 2.24) is 25.0 Å². The van der Waals surface area contributed by atoms with Crippen LogP contribution >= 0.6 is 11.8 Å². The average molecular weight is 427 g/mol. The van der Waals surface area contributed by atoms with Crippen LogP contribution < -0.4 is 10.6 Å². The molecule has 0 aliphatic carbocycles. The predicted molar refractivity (Wildman–Crippen MR) is 123 cm³/mol. The summed E-state index contributed by atoms with van der Waals surface area (Å²) in [7, 11) is 0. The highest BCUT2D eigenvalue weighted by molar-refractivity contribution is 8.00. The van der Waals surface area contributed by atoms with E-state index < -0.39 is 0 Å². The van der Waals surface area contributed by atoms with Crippen LogP contribution in [0.5, 0.6) is 0 Å². The van der Waals surface area contributed by atoms with Gasteiger partial charge in [-0.2, -0.15) is 5.10 Å². The molecule has 3 N–H and O–H groups in total. The summed E-state index contributed by atoms with van der Waals surface area (Å²) in [4.78, 5) is 9.21. The Hall–Kier alpha value is -2.13. The summed E-state index contributed by atoms with van der Waals surface area (Å²) in [6, 6.07) is 6.43. The number of pyridine rings is 1. The third kappa shape index (κ3) is 4.18. The largest absolute Gasteiger partial charge is 0.395 e. The number of aliphatic hydroxyl groups is 1. The number of aliphatic hydroxyl groups excluding tert-OH is 1. The number of likely N-dealkylation sites (N-methyl/N-ethyl adjacent to an activating group) is 1. The van der Waals surface area contributed by atoms with E-state index in [-0.39, 0.29) is 6.61 Å². The lowest BCUT2D eigenvalue weighted by Crippen LogP contribution is -2.27. The minimum Gasteiger partial charge on any atom is -0.395 e. The molecule has 1 aromatic carbocycles. The first-order valence-corrected chi connectivity index (χ1v) is 11.5. The van der Waals surface area contributed by atoms with Crippen LogP contribution in [0.1, 0.15) is 13.8 Å². The van der Waals surface area contributed by atoms with Gasteiger partial charge in [0.2, 0.25) is 0 Å². The second-order valence-corrected chi connectivity index (χ2v) is 8.36. The van der Waals surface area contributed by atoms with Crippen LogP contribution in [-0.2, 0) is 6.54 Å². The third-order valence-electron chi connectivity index (χ3n) is 5.55. The summed E-state index contributed by atoms with van der Waals surface area (Å²) in [5, 5.41) is 21.9. The molecule has 0 amide bonds. The van der Waals surface area contributed by atoms with Gasteiger partial charge >= 0.3 is 0 Å². The quantitative estimate of drug-likeness (QED) is 0.318. The van der Waals surface area contributed by atoms with Crippen molar-refractivity contribution in [2.45, 2.75) is 30.2 Å². The van der Waals surface area contributed by atoms with Gasteiger partial charge in [-0.25, -0.2) is 0 Å². The molecule has 0 fully saturated rings. The molecule has 3 aromatic rings. The third-order valence-corrected chi connectivity index (χ3v) is 6.75. The molecular weight excluding hydrogens is 396 g/mol. The van der Waals surface area contributed by atoms with Gasteiger partial charge in [-0.1, -0.05) is 25.6 Å². The molecule has 0 bridgehead atoms. The molecule has 0 radical (unpaired) electrons. The van der Waals surface area contributed by atoms with Gasteiger partial charge in [0.1, 0.15) is 5.69 Å². The fraction of sp³-hybridized carbons (Fsp3) is 0.455. The normalized spacial score (nSPS) is 12.5. The molecule has 0 atom stereocenters. The highest BCUT2D eigenvalue weighted by atomic mass is 32.2. The number of rotatable bonds is 11. The number of nitrogens with zero attached hydrogens (tertiary/aromatic N) is 4. The smallest absolute Gasteiger partial charge is 0.104 e. The molecule has 30 heavy (non-hydrogen) atoms. The van der Waals surface area contributed by atoms with E-state index in [2.05, 4.69) is 57.2 Å². The minimum atomic E-state index is 0.161. The van der Waals surface area contributed by atoms with E-state index in [4.69, 9.17) is 10.2 Å². The summed E-state index contributed by atoms with van der Waals surface area (Å²) in [5.41, 5.74) is 4.45. The monoisotopic (exact) mass is 426 g/mol. The number of anilines is 1. The number of nitrogens with one attached hydrogen (secondary N) is 2. The van der Waals surface area contributed by atoms with E-state index >= 15 is 0 Å². The maximum atomic E-state index is 8.92. The molecule has 0 saturated carbocycles. The molecule has 160 valence electrons. The van der Waals surface area contributed by atoms with Crippen LogP contribution in [-0.4, -0.2) is 70.6 Å². The maximum Gasteiger partial charge on any atom is 0.104 e. The highest BCUT2D eigenvalue weighted by Crippen LogP contribution is 2.50. The fourth-order valence-corrected chi connectivity index (χ4v) is 5.03. The molecule has 1 aliphatic rings. The van der Waals surface area contributed by atoms with Crippen molar-refractivity contribution in [2.24, 2.45) is 0 Å². The topological polar surface area (TPSA) is 78.2 Å². The van der Waals surface area contributed by atoms with Gasteiger partial charge in [-0.3, -0.25) is 9.67 Å². The van der Waals surface area contributed by atoms with Gasteiger partial charge in [-0.15, -0.1) is 0 Å². The summed E-state index contributed by atoms with van der Waals surface area (Å²) in [5.74, 6) is 0. The second kappa shape index (κ2) is 9.78. The molecule has 1 aliphatic heterocycles. The van der Waals surface area contributed by atoms with Crippen molar-refractivity contribution in [2.75, 3.05) is 51.2 Å². The van der Waals surface area contributed by atoms with Gasteiger partial charge in [-0.05, 0) is 31.3 Å². The Labute approximate surface area is 181 Å². The van der Waals surface area contributed by atoms with Crippen molar-refractivity contribution in [3.05, 3.63) is 30.6 Å². The fourth-order valence-electron chi connectivity index (χ4n) is 3.87. The standard InChI is InChI=1S/C22H30N6OS/c1-3-27(4-2)12-13-28-18-6-5-17(25-10-9-23-11-14-29)22-20(18)21(26-28)16-15-24-8-7-19(16)30-22/h5-8,15,23,25,29H,3-4,9-14H2,1-2H3. The van der Waals surface area contributed by atoms with E-state index in [1.807, 2.05) is 12.4 Å². The van der Waals surface area contributed by atoms with Crippen molar-refractivity contribution < 1.29 is 5.11 Å². The Morgan fingerprint density at radius 3 is 2.80 bits per heavy atom. The molecule has 0 unspecified atom stereocenters. The van der Waals surface area contributed by atoms with E-state index in [1.165, 1.54) is 20.7 Å². The molecule has 4 rings (SSSR count). The number of benzene rings is 1. The summed E-state index contributed by atoms with van der Waals surface area (Å²) in [6.45, 7) is 10.7. The Bertz CT molecular complexity index is 1000. The van der Waals surface area contributed by atoms with Gasteiger partial charge < -0.3 is 20.6 Å². The molecule has 0 saturated heterocycles. The van der Waals surface area contributed by atoms with Crippen molar-refractivity contribution in [3.8, 4) is 11.3 Å². The minimum absolute atomic E-state index is 0.161. The van der Waals surface area contributed by atoms with E-state index in [1.54, 1.807) is 11.8 Å². The zero-order valence-electron chi connectivity index (χ0n) is 17.7. The SMILES string of the molecule is CCN(CC)CCn1nc2c3c(c(NCCNCCO)ccc31)Sc1ccncc1-2. The predicted octanol–water partition coefficient (Wildman–Crippen LogP) is 2.90.